The van der Waals surface area contributed by atoms with E-state index < -0.39 is 0 Å². The van der Waals surface area contributed by atoms with Crippen LogP contribution in [0.4, 0.5) is 0 Å². The van der Waals surface area contributed by atoms with Gasteiger partial charge in [-0.2, -0.15) is 0 Å². The zero-order valence-corrected chi connectivity index (χ0v) is 10.4. The second-order valence-corrected chi connectivity index (χ2v) is 3.93. The Labute approximate surface area is 107 Å². The monoisotopic (exact) mass is 243 g/mol. The quantitative estimate of drug-likeness (QED) is 0.878. The molecule has 0 aromatic heterocycles. The van der Waals surface area contributed by atoms with Crippen molar-refractivity contribution < 1.29 is 9.47 Å². The maximum Gasteiger partial charge on any atom is 0.136 e. The number of para-hydroxylation sites is 1. The van der Waals surface area contributed by atoms with Crippen molar-refractivity contribution >= 4 is 0 Å². The van der Waals surface area contributed by atoms with Gasteiger partial charge in [-0.25, -0.2) is 0 Å². The zero-order valence-electron chi connectivity index (χ0n) is 10.4. The van der Waals surface area contributed by atoms with Gasteiger partial charge >= 0.3 is 0 Å². The Kier molecular flexibility index (Phi) is 4.20. The van der Waals surface area contributed by atoms with E-state index in [1.165, 1.54) is 0 Å². The van der Waals surface area contributed by atoms with E-state index in [0.29, 0.717) is 6.54 Å². The molecule has 94 valence electrons. The first-order valence-electron chi connectivity index (χ1n) is 5.89. The fraction of sp³-hybridized carbons (Fsp3) is 0.200. The molecule has 3 heteroatoms. The van der Waals surface area contributed by atoms with Gasteiger partial charge in [0.25, 0.3) is 0 Å². The Hall–Kier alpha value is -2.00. The standard InChI is InChI=1S/C15H17NO2/c1-17-14-9-5-6-12(10-14)15(11-16)18-13-7-3-2-4-8-13/h2-10,15H,11,16H2,1H3. The van der Waals surface area contributed by atoms with Crippen LogP contribution in [0.1, 0.15) is 11.7 Å². The number of hydrogen-bond donors (Lipinski definition) is 1. The minimum Gasteiger partial charge on any atom is -0.497 e. The van der Waals surface area contributed by atoms with Crippen LogP contribution in [0.25, 0.3) is 0 Å². The van der Waals surface area contributed by atoms with E-state index >= 15 is 0 Å². The first-order chi connectivity index (χ1) is 8.83. The van der Waals surface area contributed by atoms with Crippen LogP contribution >= 0.6 is 0 Å². The highest BCUT2D eigenvalue weighted by Gasteiger charge is 2.12. The predicted octanol–water partition coefficient (Wildman–Crippen LogP) is 2.77. The van der Waals surface area contributed by atoms with E-state index in [9.17, 15) is 0 Å². The van der Waals surface area contributed by atoms with Crippen molar-refractivity contribution in [1.82, 2.24) is 0 Å². The van der Waals surface area contributed by atoms with Gasteiger partial charge in [0, 0.05) is 6.54 Å². The lowest BCUT2D eigenvalue weighted by Crippen LogP contribution is -2.18. The van der Waals surface area contributed by atoms with Crippen LogP contribution in [0, 0.1) is 0 Å². The molecule has 2 aromatic rings. The molecule has 0 spiro atoms. The molecule has 18 heavy (non-hydrogen) atoms. The van der Waals surface area contributed by atoms with Crippen LogP contribution in [-0.4, -0.2) is 13.7 Å². The SMILES string of the molecule is COc1cccc(C(CN)Oc2ccccc2)c1. The molecule has 0 saturated heterocycles. The normalized spacial score (nSPS) is 11.9. The number of methoxy groups -OCH3 is 1. The maximum absolute atomic E-state index is 5.87. The molecule has 0 amide bonds. The van der Waals surface area contributed by atoms with Crippen molar-refractivity contribution in [3.8, 4) is 11.5 Å². The second-order valence-electron chi connectivity index (χ2n) is 3.93. The summed E-state index contributed by atoms with van der Waals surface area (Å²) in [5.41, 5.74) is 6.79. The molecule has 2 N–H and O–H groups in total. The first kappa shape index (κ1) is 12.5. The molecule has 3 nitrogen and oxygen atoms in total. The number of rotatable bonds is 5. The van der Waals surface area contributed by atoms with Crippen LogP contribution in [0.5, 0.6) is 11.5 Å². The molecular weight excluding hydrogens is 226 g/mol. The van der Waals surface area contributed by atoms with Crippen molar-refractivity contribution in [2.75, 3.05) is 13.7 Å². The number of ether oxygens (including phenoxy) is 2. The predicted molar refractivity (Wildman–Crippen MR) is 71.9 cm³/mol. The molecule has 0 fully saturated rings. The van der Waals surface area contributed by atoms with E-state index in [-0.39, 0.29) is 6.10 Å². The Morgan fingerprint density at radius 1 is 1.00 bits per heavy atom. The maximum atomic E-state index is 5.87. The van der Waals surface area contributed by atoms with Crippen LogP contribution in [0.3, 0.4) is 0 Å². The molecular formula is C15H17NO2. The summed E-state index contributed by atoms with van der Waals surface area (Å²) < 4.78 is 11.1. The molecule has 0 bridgehead atoms. The van der Waals surface area contributed by atoms with Crippen molar-refractivity contribution in [1.29, 1.82) is 0 Å². The number of nitrogens with two attached hydrogens (primary N) is 1. The van der Waals surface area contributed by atoms with Gasteiger partial charge in [-0.1, -0.05) is 30.3 Å². The van der Waals surface area contributed by atoms with Gasteiger partial charge in [-0.05, 0) is 29.8 Å². The van der Waals surface area contributed by atoms with Gasteiger partial charge < -0.3 is 15.2 Å². The lowest BCUT2D eigenvalue weighted by Gasteiger charge is -2.18. The highest BCUT2D eigenvalue weighted by Crippen LogP contribution is 2.23. The summed E-state index contributed by atoms with van der Waals surface area (Å²) in [6.45, 7) is 0.419. The van der Waals surface area contributed by atoms with Crippen molar-refractivity contribution in [3.63, 3.8) is 0 Å². The van der Waals surface area contributed by atoms with Gasteiger partial charge in [0.1, 0.15) is 17.6 Å². The average Bonchev–Trinajstić information content (AvgIpc) is 2.46. The fourth-order valence-electron chi connectivity index (χ4n) is 1.76. The van der Waals surface area contributed by atoms with E-state index in [4.69, 9.17) is 15.2 Å². The lowest BCUT2D eigenvalue weighted by atomic mass is 10.1. The third-order valence-electron chi connectivity index (χ3n) is 2.70. The highest BCUT2D eigenvalue weighted by atomic mass is 16.5. The van der Waals surface area contributed by atoms with Crippen LogP contribution in [0.2, 0.25) is 0 Å². The van der Waals surface area contributed by atoms with Gasteiger partial charge in [0.05, 0.1) is 7.11 Å². The molecule has 2 rings (SSSR count). The van der Waals surface area contributed by atoms with E-state index in [0.717, 1.165) is 17.1 Å². The number of hydrogen-bond acceptors (Lipinski definition) is 3. The molecule has 0 saturated carbocycles. The van der Waals surface area contributed by atoms with Crippen LogP contribution in [-0.2, 0) is 0 Å². The zero-order chi connectivity index (χ0) is 12.8. The first-order valence-corrected chi connectivity index (χ1v) is 5.89. The molecule has 0 radical (unpaired) electrons. The smallest absolute Gasteiger partial charge is 0.136 e. The molecule has 0 aliphatic carbocycles. The van der Waals surface area contributed by atoms with Crippen molar-refractivity contribution in [2.24, 2.45) is 5.73 Å². The van der Waals surface area contributed by atoms with Crippen LogP contribution < -0.4 is 15.2 Å². The van der Waals surface area contributed by atoms with Gasteiger partial charge in [0.15, 0.2) is 0 Å². The summed E-state index contributed by atoms with van der Waals surface area (Å²) in [6, 6.07) is 17.4. The van der Waals surface area contributed by atoms with Crippen molar-refractivity contribution in [3.05, 3.63) is 60.2 Å². The summed E-state index contributed by atoms with van der Waals surface area (Å²) >= 11 is 0. The largest absolute Gasteiger partial charge is 0.497 e. The summed E-state index contributed by atoms with van der Waals surface area (Å²) in [5, 5.41) is 0. The molecule has 0 heterocycles. The molecule has 1 atom stereocenters. The minimum absolute atomic E-state index is 0.164. The van der Waals surface area contributed by atoms with Gasteiger partial charge in [-0.15, -0.1) is 0 Å². The molecule has 2 aromatic carbocycles. The second kappa shape index (κ2) is 6.07. The van der Waals surface area contributed by atoms with E-state index in [1.807, 2.05) is 54.6 Å². The Morgan fingerprint density at radius 2 is 1.72 bits per heavy atom. The summed E-state index contributed by atoms with van der Waals surface area (Å²) in [6.07, 6.45) is -0.164. The number of benzene rings is 2. The highest BCUT2D eigenvalue weighted by molar-refractivity contribution is 5.31. The molecule has 1 unspecified atom stereocenters. The molecule has 0 aliphatic heterocycles. The average molecular weight is 243 g/mol. The summed E-state index contributed by atoms with van der Waals surface area (Å²) in [4.78, 5) is 0. The van der Waals surface area contributed by atoms with Crippen molar-refractivity contribution in [2.45, 2.75) is 6.10 Å². The summed E-state index contributed by atoms with van der Waals surface area (Å²) in [7, 11) is 1.65. The lowest BCUT2D eigenvalue weighted by molar-refractivity contribution is 0.214. The third kappa shape index (κ3) is 3.02. The third-order valence-corrected chi connectivity index (χ3v) is 2.70. The van der Waals surface area contributed by atoms with E-state index in [1.54, 1.807) is 7.11 Å². The Bertz CT molecular complexity index is 485. The van der Waals surface area contributed by atoms with Gasteiger partial charge in [0.2, 0.25) is 0 Å². The Balaban J connectivity index is 2.17. The van der Waals surface area contributed by atoms with Crippen LogP contribution in [0.15, 0.2) is 54.6 Å². The Morgan fingerprint density at radius 3 is 2.39 bits per heavy atom. The fourth-order valence-corrected chi connectivity index (χ4v) is 1.76. The molecule has 0 aliphatic rings. The van der Waals surface area contributed by atoms with E-state index in [2.05, 4.69) is 0 Å². The van der Waals surface area contributed by atoms with Gasteiger partial charge in [-0.3, -0.25) is 0 Å². The topological polar surface area (TPSA) is 44.5 Å². The summed E-state index contributed by atoms with van der Waals surface area (Å²) in [5.74, 6) is 1.62. The minimum atomic E-state index is -0.164.